The molecule has 1 amide bonds. The lowest BCUT2D eigenvalue weighted by atomic mass is 10.3. The highest BCUT2D eigenvalue weighted by Crippen LogP contribution is 2.25. The largest absolute Gasteiger partial charge is 0.299 e. The smallest absolute Gasteiger partial charge is 0.246 e. The van der Waals surface area contributed by atoms with Gasteiger partial charge < -0.3 is 0 Å². The first-order valence-corrected chi connectivity index (χ1v) is 11.7. The summed E-state index contributed by atoms with van der Waals surface area (Å²) in [5, 5.41) is 10.6. The number of nitrogens with zero attached hydrogens (tertiary/aromatic N) is 3. The summed E-state index contributed by atoms with van der Waals surface area (Å²) in [5.41, 5.74) is 0.446. The predicted molar refractivity (Wildman–Crippen MR) is 101 cm³/mol. The Hall–Kier alpha value is -1.30. The molecule has 0 spiro atoms. The van der Waals surface area contributed by atoms with Gasteiger partial charge in [-0.2, -0.15) is 0 Å². The van der Waals surface area contributed by atoms with Crippen molar-refractivity contribution in [1.82, 2.24) is 10.2 Å². The van der Waals surface area contributed by atoms with E-state index in [4.69, 9.17) is 0 Å². The molecule has 1 N–H and O–H groups in total. The normalized spacial score (nSPS) is 11.3. The maximum absolute atomic E-state index is 12.2. The molecule has 0 radical (unpaired) electrons. The maximum Gasteiger partial charge on any atom is 0.246 e. The van der Waals surface area contributed by atoms with Crippen molar-refractivity contribution >= 4 is 61.6 Å². The van der Waals surface area contributed by atoms with Gasteiger partial charge in [0.1, 0.15) is 6.54 Å². The Morgan fingerprint density at radius 3 is 2.62 bits per heavy atom. The molecule has 130 valence electrons. The fourth-order valence-corrected chi connectivity index (χ4v) is 4.29. The summed E-state index contributed by atoms with van der Waals surface area (Å²) >= 11 is 4.15. The number of amides is 1. The molecule has 1 aromatic heterocycles. The summed E-state index contributed by atoms with van der Waals surface area (Å²) in [5.74, 6) is -0.473. The minimum absolute atomic E-state index is 0.329. The third-order valence-corrected chi connectivity index (χ3v) is 6.54. The molecule has 0 saturated carbocycles. The van der Waals surface area contributed by atoms with Gasteiger partial charge in [0.05, 0.1) is 11.9 Å². The maximum atomic E-state index is 12.2. The van der Waals surface area contributed by atoms with Crippen molar-refractivity contribution in [3.8, 4) is 0 Å². The van der Waals surface area contributed by atoms with E-state index in [2.05, 4.69) is 15.5 Å². The zero-order valence-electron chi connectivity index (χ0n) is 13.2. The van der Waals surface area contributed by atoms with Crippen LogP contribution in [0.5, 0.6) is 0 Å². The van der Waals surface area contributed by atoms with Gasteiger partial charge in [0.25, 0.3) is 0 Å². The Bertz CT molecular complexity index is 822. The quantitative estimate of drug-likeness (QED) is 0.559. The van der Waals surface area contributed by atoms with E-state index < -0.39 is 15.9 Å². The summed E-state index contributed by atoms with van der Waals surface area (Å²) < 4.78 is 25.9. The SMILES string of the molecule is CSc1cccc(N(CC(=O)Nc2nnc(SC)s2)S(C)(=O)=O)c1. The number of benzene rings is 1. The molecule has 0 bridgehead atoms. The summed E-state index contributed by atoms with van der Waals surface area (Å²) in [4.78, 5) is 13.1. The predicted octanol–water partition coefficient (Wildman–Crippen LogP) is 2.39. The highest BCUT2D eigenvalue weighted by molar-refractivity contribution is 8.00. The van der Waals surface area contributed by atoms with Gasteiger partial charge in [-0.3, -0.25) is 14.4 Å². The van der Waals surface area contributed by atoms with Crippen LogP contribution in [0.4, 0.5) is 10.8 Å². The summed E-state index contributed by atoms with van der Waals surface area (Å²) in [7, 11) is -3.60. The number of hydrogen-bond donors (Lipinski definition) is 1. The number of thioether (sulfide) groups is 2. The van der Waals surface area contributed by atoms with E-state index in [1.807, 2.05) is 18.6 Å². The molecule has 1 heterocycles. The standard InChI is InChI=1S/C13H16N4O3S4/c1-21-10-6-4-5-9(7-10)17(24(3,19)20)8-11(18)14-12-15-16-13(22-2)23-12/h4-7H,8H2,1-3H3,(H,14,15,18). The van der Waals surface area contributed by atoms with Crippen LogP contribution in [0, 0.1) is 0 Å². The molecule has 0 atom stereocenters. The Labute approximate surface area is 153 Å². The van der Waals surface area contributed by atoms with E-state index in [0.717, 1.165) is 19.8 Å². The van der Waals surface area contributed by atoms with Crippen LogP contribution in [0.1, 0.15) is 0 Å². The Balaban J connectivity index is 2.18. The number of anilines is 2. The number of rotatable bonds is 7. The zero-order chi connectivity index (χ0) is 17.7. The number of nitrogens with one attached hydrogen (secondary N) is 1. The van der Waals surface area contributed by atoms with Gasteiger partial charge in [0.15, 0.2) is 4.34 Å². The van der Waals surface area contributed by atoms with Gasteiger partial charge >= 0.3 is 0 Å². The minimum Gasteiger partial charge on any atom is -0.299 e. The van der Waals surface area contributed by atoms with Gasteiger partial charge in [-0.15, -0.1) is 22.0 Å². The average molecular weight is 405 g/mol. The number of sulfonamides is 1. The van der Waals surface area contributed by atoms with Crippen LogP contribution in [-0.2, 0) is 14.8 Å². The highest BCUT2D eigenvalue weighted by Gasteiger charge is 2.21. The summed E-state index contributed by atoms with van der Waals surface area (Å²) in [6.07, 6.45) is 4.83. The second-order valence-corrected chi connectivity index (χ2v) is 9.41. The molecule has 2 aromatic rings. The van der Waals surface area contributed by atoms with Crippen LogP contribution in [0.3, 0.4) is 0 Å². The molecule has 0 aliphatic heterocycles. The molecule has 24 heavy (non-hydrogen) atoms. The van der Waals surface area contributed by atoms with E-state index in [0.29, 0.717) is 10.8 Å². The molecular formula is C13H16N4O3S4. The zero-order valence-corrected chi connectivity index (χ0v) is 16.5. The molecule has 1 aromatic carbocycles. The first-order valence-electron chi connectivity index (χ1n) is 6.62. The van der Waals surface area contributed by atoms with Crippen molar-refractivity contribution in [2.24, 2.45) is 0 Å². The van der Waals surface area contributed by atoms with Crippen molar-refractivity contribution in [3.63, 3.8) is 0 Å². The lowest BCUT2D eigenvalue weighted by molar-refractivity contribution is -0.114. The third-order valence-electron chi connectivity index (χ3n) is 2.86. The number of hydrogen-bond acceptors (Lipinski definition) is 8. The van der Waals surface area contributed by atoms with Gasteiger partial charge in [-0.05, 0) is 30.7 Å². The molecule has 0 aliphatic rings. The second kappa shape index (κ2) is 8.19. The van der Waals surface area contributed by atoms with Gasteiger partial charge in [-0.1, -0.05) is 29.2 Å². The molecule has 0 saturated heterocycles. The van der Waals surface area contributed by atoms with Crippen LogP contribution in [0.15, 0.2) is 33.5 Å². The molecule has 0 fully saturated rings. The monoisotopic (exact) mass is 404 g/mol. The first kappa shape index (κ1) is 19.0. The van der Waals surface area contributed by atoms with Crippen molar-refractivity contribution in [3.05, 3.63) is 24.3 Å². The molecule has 11 heteroatoms. The van der Waals surface area contributed by atoms with Gasteiger partial charge in [0.2, 0.25) is 21.1 Å². The Morgan fingerprint density at radius 2 is 2.04 bits per heavy atom. The molecule has 0 aliphatic carbocycles. The van der Waals surface area contributed by atoms with Crippen LogP contribution >= 0.6 is 34.9 Å². The minimum atomic E-state index is -3.60. The Kier molecular flexibility index (Phi) is 6.49. The van der Waals surface area contributed by atoms with E-state index >= 15 is 0 Å². The first-order chi connectivity index (χ1) is 11.3. The van der Waals surface area contributed by atoms with Crippen LogP contribution in [0.25, 0.3) is 0 Å². The van der Waals surface area contributed by atoms with Gasteiger partial charge in [0, 0.05) is 4.90 Å². The van der Waals surface area contributed by atoms with E-state index in [1.54, 1.807) is 18.2 Å². The van der Waals surface area contributed by atoms with Crippen molar-refractivity contribution < 1.29 is 13.2 Å². The highest BCUT2D eigenvalue weighted by atomic mass is 32.2. The van der Waals surface area contributed by atoms with E-state index in [1.165, 1.54) is 34.9 Å². The second-order valence-electron chi connectivity index (χ2n) is 4.60. The summed E-state index contributed by atoms with van der Waals surface area (Å²) in [6, 6.07) is 7.02. The third kappa shape index (κ3) is 5.10. The molecule has 0 unspecified atom stereocenters. The van der Waals surface area contributed by atoms with E-state index in [-0.39, 0.29) is 6.54 Å². The van der Waals surface area contributed by atoms with Crippen molar-refractivity contribution in [1.29, 1.82) is 0 Å². The fourth-order valence-electron chi connectivity index (χ4n) is 1.80. The number of carbonyl (C=O) groups excluding carboxylic acids is 1. The number of carbonyl (C=O) groups is 1. The van der Waals surface area contributed by atoms with Crippen molar-refractivity contribution in [2.45, 2.75) is 9.24 Å². The molecular weight excluding hydrogens is 388 g/mol. The summed E-state index contributed by atoms with van der Waals surface area (Å²) in [6.45, 7) is -0.329. The topological polar surface area (TPSA) is 92.3 Å². The van der Waals surface area contributed by atoms with Crippen LogP contribution in [0.2, 0.25) is 0 Å². The number of aromatic nitrogens is 2. The Morgan fingerprint density at radius 1 is 1.29 bits per heavy atom. The van der Waals surface area contributed by atoms with Crippen molar-refractivity contribution in [2.75, 3.05) is 34.9 Å². The molecule has 2 rings (SSSR count). The van der Waals surface area contributed by atoms with Crippen LogP contribution < -0.4 is 9.62 Å². The fraction of sp³-hybridized carbons (Fsp3) is 0.308. The van der Waals surface area contributed by atoms with Crippen LogP contribution in [-0.4, -0.2) is 49.8 Å². The molecule has 7 nitrogen and oxygen atoms in total. The lowest BCUT2D eigenvalue weighted by Gasteiger charge is -2.22. The lowest BCUT2D eigenvalue weighted by Crippen LogP contribution is -2.37. The average Bonchev–Trinajstić information content (AvgIpc) is 2.99. The van der Waals surface area contributed by atoms with E-state index in [9.17, 15) is 13.2 Å². The van der Waals surface area contributed by atoms with Gasteiger partial charge in [-0.25, -0.2) is 8.42 Å².